The number of fused-ring (bicyclic) bond motifs is 1. The quantitative estimate of drug-likeness (QED) is 0.872. The van der Waals surface area contributed by atoms with Crippen LogP contribution in [0.2, 0.25) is 0 Å². The topological polar surface area (TPSA) is 69.5 Å². The molecule has 1 aliphatic rings. The van der Waals surface area contributed by atoms with Gasteiger partial charge in [0.05, 0.1) is 12.8 Å². The second-order valence-corrected chi connectivity index (χ2v) is 5.25. The van der Waals surface area contributed by atoms with Crippen LogP contribution < -0.4 is 4.90 Å². The Bertz CT molecular complexity index is 986. The predicted octanol–water partition coefficient (Wildman–Crippen LogP) is 1.55. The first kappa shape index (κ1) is 9.50. The summed E-state index contributed by atoms with van der Waals surface area (Å²) in [5, 5.41) is 0.465. The van der Waals surface area contributed by atoms with E-state index < -0.39 is 31.2 Å². The third-order valence-corrected chi connectivity index (χ3v) is 3.89. The van der Waals surface area contributed by atoms with E-state index >= 15 is 0 Å². The van der Waals surface area contributed by atoms with Crippen LogP contribution in [0, 0.1) is 12.5 Å². The normalized spacial score (nSPS) is 31.9. The fourth-order valence-corrected chi connectivity index (χ4v) is 2.63. The smallest absolute Gasteiger partial charge is 0.302 e. The van der Waals surface area contributed by atoms with Crippen molar-refractivity contribution in [1.82, 2.24) is 19.9 Å². The molecule has 1 aliphatic heterocycles. The summed E-state index contributed by atoms with van der Waals surface area (Å²) in [5.74, 6) is -2.63. The number of carbonyl (C=O) groups excluding carboxylic acids is 1. The van der Waals surface area contributed by atoms with Gasteiger partial charge in [0.2, 0.25) is 0 Å². The van der Waals surface area contributed by atoms with Gasteiger partial charge in [-0.1, -0.05) is 6.85 Å². The van der Waals surface area contributed by atoms with Crippen LogP contribution in [0.25, 0.3) is 15.9 Å². The Labute approximate surface area is 143 Å². The summed E-state index contributed by atoms with van der Waals surface area (Å²) in [5.41, 5.74) is 0.344. The maximum atomic E-state index is 12.3. The largest absolute Gasteiger partial charge is 0.354 e. The molecule has 3 heterocycles. The van der Waals surface area contributed by atoms with Crippen LogP contribution in [0.15, 0.2) is 18.6 Å². The van der Waals surface area contributed by atoms with E-state index in [-0.39, 0.29) is 31.6 Å². The lowest BCUT2D eigenvalue weighted by molar-refractivity contribution is -0.130. The maximum Gasteiger partial charge on any atom is 0.302 e. The summed E-state index contributed by atoms with van der Waals surface area (Å²) >= 11 is 0. The molecule has 3 rings (SSSR count). The number of nitrogens with one attached hydrogen (secondary N) is 1. The first-order valence-corrected chi connectivity index (χ1v) is 7.11. The van der Waals surface area contributed by atoms with Crippen LogP contribution in [-0.2, 0) is 4.79 Å². The fourth-order valence-electron chi connectivity index (χ4n) is 2.63. The van der Waals surface area contributed by atoms with E-state index in [2.05, 4.69) is 19.8 Å². The van der Waals surface area contributed by atoms with Gasteiger partial charge in [-0.2, -0.15) is 0 Å². The van der Waals surface area contributed by atoms with E-state index in [1.807, 2.05) is 0 Å². The van der Waals surface area contributed by atoms with Crippen molar-refractivity contribution in [3.8, 4) is 0 Å². The third kappa shape index (κ3) is 2.84. The molecule has 0 saturated carbocycles. The summed E-state index contributed by atoms with van der Waals surface area (Å²) in [4.78, 5) is 28.7. The molecule has 2 aromatic rings. The highest BCUT2D eigenvalue weighted by molar-refractivity contribution is 5.87. The molecule has 7 nitrogen and oxygen atoms in total. The number of aromatic amines is 1. The van der Waals surface area contributed by atoms with Gasteiger partial charge in [0.1, 0.15) is 19.1 Å². The Balaban J connectivity index is 2.14. The van der Waals surface area contributed by atoms with E-state index in [0.717, 1.165) is 0 Å². The molecular formula is C16H20N6O. The minimum absolute atomic E-state index is 0.0300. The molecule has 1 N–H and O–H groups in total. The number of likely N-dealkylation sites (tertiary alicyclic amines) is 1. The first-order valence-electron chi connectivity index (χ1n) is 10.1. The van der Waals surface area contributed by atoms with E-state index in [1.54, 1.807) is 12.3 Å². The molecule has 1 fully saturated rings. The van der Waals surface area contributed by atoms with Gasteiger partial charge >= 0.3 is 5.91 Å². The van der Waals surface area contributed by atoms with Crippen molar-refractivity contribution in [2.24, 2.45) is 5.89 Å². The van der Waals surface area contributed by atoms with Gasteiger partial charge in [0.25, 0.3) is 6.54 Å². The van der Waals surface area contributed by atoms with Crippen molar-refractivity contribution in [3.63, 3.8) is 0 Å². The zero-order valence-corrected chi connectivity index (χ0v) is 12.6. The highest BCUT2D eigenvalue weighted by Gasteiger charge is 2.33. The highest BCUT2D eigenvalue weighted by Crippen LogP contribution is 2.28. The molecule has 1 saturated heterocycles. The second-order valence-electron chi connectivity index (χ2n) is 5.25. The van der Waals surface area contributed by atoms with Gasteiger partial charge in [-0.3, -0.25) is 4.79 Å². The standard InChI is InChI=1S/C16H20N6O/c1-11-5-7-22(14(23)8-17-2)9-13(11)21(3)16-12-4-6-18-15(12)19-10-20-16/h4,6,10-11,13H,5,7-9H2,1,3H3,(H,18,19,20)/t11-,13+/m1/s1/i1D3,10D,11D,13D. The molecule has 0 bridgehead atoms. The molecule has 2 aromatic heterocycles. The zero-order valence-electron chi connectivity index (χ0n) is 18.6. The number of likely N-dealkylation sites (N-methyl/N-ethyl adjacent to an activating group) is 1. The molecule has 1 amide bonds. The molecular weight excluding hydrogens is 292 g/mol. The lowest BCUT2D eigenvalue weighted by Crippen LogP contribution is -2.53. The number of anilines is 1. The van der Waals surface area contributed by atoms with Crippen LogP contribution >= 0.6 is 0 Å². The molecule has 23 heavy (non-hydrogen) atoms. The van der Waals surface area contributed by atoms with E-state index in [1.165, 1.54) is 16.8 Å². The van der Waals surface area contributed by atoms with Crippen LogP contribution in [-0.4, -0.2) is 58.5 Å². The van der Waals surface area contributed by atoms with Crippen molar-refractivity contribution in [3.05, 3.63) is 30.0 Å². The number of hydrogen-bond acceptors (Lipinski definition) is 4. The number of hydrogen-bond donors (Lipinski definition) is 1. The van der Waals surface area contributed by atoms with Gasteiger partial charge in [-0.05, 0) is 18.4 Å². The number of H-pyrrole nitrogens is 1. The fraction of sp³-hybridized carbons (Fsp3) is 0.500. The Morgan fingerprint density at radius 3 is 3.39 bits per heavy atom. The summed E-state index contributed by atoms with van der Waals surface area (Å²) in [6, 6.07) is -0.477. The third-order valence-electron chi connectivity index (χ3n) is 3.89. The van der Waals surface area contributed by atoms with Crippen molar-refractivity contribution in [2.45, 2.75) is 19.3 Å². The zero-order chi connectivity index (χ0) is 21.6. The minimum Gasteiger partial charge on any atom is -0.354 e. The number of rotatable bonds is 3. The van der Waals surface area contributed by atoms with Crippen LogP contribution in [0.3, 0.4) is 0 Å². The molecule has 120 valence electrons. The van der Waals surface area contributed by atoms with Crippen molar-refractivity contribution in [2.75, 3.05) is 31.6 Å². The number of carbonyl (C=O) groups is 1. The number of piperidine rings is 1. The van der Waals surface area contributed by atoms with E-state index in [4.69, 9.17) is 14.8 Å². The predicted molar refractivity (Wildman–Crippen MR) is 87.9 cm³/mol. The van der Waals surface area contributed by atoms with Crippen molar-refractivity contribution < 1.29 is 13.0 Å². The first-order chi connectivity index (χ1) is 13.4. The average Bonchev–Trinajstić information content (AvgIpc) is 3.10. The van der Waals surface area contributed by atoms with Gasteiger partial charge in [-0.25, -0.2) is 16.5 Å². The Morgan fingerprint density at radius 2 is 2.61 bits per heavy atom. The SMILES string of the molecule is [2H]c1nc(N(C)[C@@]2([2H])CN(C(=O)C[N+]#[C-])CC[C@@]2([2H])C([2H])([2H])[2H])c2cc[nH]c2n1. The molecule has 7 heteroatoms. The maximum absolute atomic E-state index is 12.3. The van der Waals surface area contributed by atoms with Crippen LogP contribution in [0.1, 0.15) is 21.5 Å². The summed E-state index contributed by atoms with van der Waals surface area (Å²) in [6.07, 6.45) is 0.985. The number of nitrogens with zero attached hydrogens (tertiary/aromatic N) is 5. The number of amides is 1. The molecule has 0 aliphatic carbocycles. The summed E-state index contributed by atoms with van der Waals surface area (Å²) in [7, 11) is 1.43. The average molecular weight is 318 g/mol. The molecule has 0 spiro atoms. The lowest BCUT2D eigenvalue weighted by atomic mass is 9.92. The Morgan fingerprint density at radius 1 is 1.74 bits per heavy atom. The van der Waals surface area contributed by atoms with Crippen molar-refractivity contribution in [1.29, 1.82) is 0 Å². The van der Waals surface area contributed by atoms with E-state index in [0.29, 0.717) is 11.0 Å². The Kier molecular flexibility index (Phi) is 2.58. The molecule has 2 atom stereocenters. The Hall–Kier alpha value is -2.62. The second kappa shape index (κ2) is 6.24. The van der Waals surface area contributed by atoms with Gasteiger partial charge in [-0.15, -0.1) is 0 Å². The van der Waals surface area contributed by atoms with Crippen LogP contribution in [0.4, 0.5) is 5.82 Å². The van der Waals surface area contributed by atoms with Crippen LogP contribution in [0.5, 0.6) is 0 Å². The summed E-state index contributed by atoms with van der Waals surface area (Å²) in [6.45, 7) is 3.25. The van der Waals surface area contributed by atoms with Crippen molar-refractivity contribution >= 4 is 22.8 Å². The molecule has 0 aromatic carbocycles. The summed E-state index contributed by atoms with van der Waals surface area (Å²) < 4.78 is 49.5. The van der Waals surface area contributed by atoms with Gasteiger partial charge in [0.15, 0.2) is 0 Å². The van der Waals surface area contributed by atoms with Gasteiger partial charge < -0.3 is 19.6 Å². The monoisotopic (exact) mass is 318 g/mol. The van der Waals surface area contributed by atoms with E-state index in [9.17, 15) is 4.79 Å². The molecule has 0 radical (unpaired) electrons. The number of aromatic nitrogens is 3. The molecule has 0 unspecified atom stereocenters. The minimum atomic E-state index is -2.81. The van der Waals surface area contributed by atoms with Gasteiger partial charge in [0, 0.05) is 31.8 Å². The highest BCUT2D eigenvalue weighted by atomic mass is 16.2. The lowest BCUT2D eigenvalue weighted by Gasteiger charge is -2.41.